The molecule has 0 aromatic heterocycles. The van der Waals surface area contributed by atoms with Crippen LogP contribution in [0.1, 0.15) is 15.9 Å². The first kappa shape index (κ1) is 14.7. The van der Waals surface area contributed by atoms with Gasteiger partial charge in [-0.2, -0.15) is 0 Å². The second-order valence-electron chi connectivity index (χ2n) is 3.69. The van der Waals surface area contributed by atoms with E-state index in [1.54, 1.807) is 24.3 Å². The largest absolute Gasteiger partial charge is 0.457 e. The normalized spacial score (nSPS) is 9.16. The predicted octanol–water partition coefficient (Wildman–Crippen LogP) is 2.23. The molecule has 0 spiro atoms. The van der Waals surface area contributed by atoms with E-state index in [0.29, 0.717) is 11.3 Å². The fraction of sp³-hybridized carbons (Fsp3) is 0.133. The topological polar surface area (TPSA) is 72.5 Å². The van der Waals surface area contributed by atoms with E-state index in [2.05, 4.69) is 0 Å². The van der Waals surface area contributed by atoms with Crippen molar-refractivity contribution in [2.45, 2.75) is 6.61 Å². The van der Waals surface area contributed by atoms with Crippen LogP contribution in [-0.4, -0.2) is 18.2 Å². The number of aliphatic hydroxyl groups excluding tert-OH is 1. The molecule has 2 rings (SSSR count). The molecule has 0 radical (unpaired) electrons. The fourth-order valence-electron chi connectivity index (χ4n) is 1.47. The van der Waals surface area contributed by atoms with E-state index in [-0.39, 0.29) is 12.6 Å². The first-order valence-electron chi connectivity index (χ1n) is 5.77. The molecule has 100 valence electrons. The van der Waals surface area contributed by atoms with Gasteiger partial charge >= 0.3 is 5.97 Å². The molecule has 0 unspecified atom stereocenters. The van der Waals surface area contributed by atoms with Gasteiger partial charge in [0.05, 0.1) is 5.56 Å². The Hall–Kier alpha value is -2.33. The Balaban J connectivity index is 0.000000861. The van der Waals surface area contributed by atoms with Crippen molar-refractivity contribution in [3.8, 4) is 0 Å². The molecule has 2 aromatic rings. The Morgan fingerprint density at radius 1 is 1.11 bits per heavy atom. The average molecular weight is 259 g/mol. The quantitative estimate of drug-likeness (QED) is 0.655. The van der Waals surface area contributed by atoms with Crippen molar-refractivity contribution in [1.29, 1.82) is 0 Å². The van der Waals surface area contributed by atoms with Crippen molar-refractivity contribution in [3.05, 3.63) is 65.7 Å². The lowest BCUT2D eigenvalue weighted by Crippen LogP contribution is -2.05. The number of esters is 1. The third-order valence-electron chi connectivity index (χ3n) is 2.34. The molecule has 0 saturated carbocycles. The monoisotopic (exact) mass is 259 g/mol. The molecule has 0 bridgehead atoms. The van der Waals surface area contributed by atoms with E-state index < -0.39 is 0 Å². The number of hydrogen-bond donors (Lipinski definition) is 2. The van der Waals surface area contributed by atoms with Crippen LogP contribution in [0.2, 0.25) is 0 Å². The van der Waals surface area contributed by atoms with Crippen LogP contribution in [0.15, 0.2) is 54.6 Å². The Morgan fingerprint density at radius 2 is 1.79 bits per heavy atom. The van der Waals surface area contributed by atoms with Crippen molar-refractivity contribution in [2.75, 3.05) is 12.8 Å². The Bertz CT molecular complexity index is 512. The Labute approximate surface area is 112 Å². The van der Waals surface area contributed by atoms with Gasteiger partial charge in [-0.05, 0) is 23.8 Å². The molecule has 0 saturated heterocycles. The minimum atomic E-state index is -0.360. The van der Waals surface area contributed by atoms with Gasteiger partial charge < -0.3 is 15.6 Å². The van der Waals surface area contributed by atoms with Gasteiger partial charge in [-0.15, -0.1) is 0 Å². The van der Waals surface area contributed by atoms with E-state index in [0.717, 1.165) is 12.7 Å². The maximum absolute atomic E-state index is 11.7. The lowest BCUT2D eigenvalue weighted by molar-refractivity contribution is 0.0473. The number of hydrogen-bond acceptors (Lipinski definition) is 4. The molecule has 2 aromatic carbocycles. The summed E-state index contributed by atoms with van der Waals surface area (Å²) in [4.78, 5) is 11.7. The SMILES string of the molecule is CO.Nc1cccc(C(=O)OCc2ccccc2)c1. The summed E-state index contributed by atoms with van der Waals surface area (Å²) in [5.41, 5.74) is 7.59. The van der Waals surface area contributed by atoms with Gasteiger partial charge in [-0.3, -0.25) is 0 Å². The predicted molar refractivity (Wildman–Crippen MR) is 74.6 cm³/mol. The first-order valence-corrected chi connectivity index (χ1v) is 5.77. The standard InChI is InChI=1S/C14H13NO2.CH4O/c15-13-8-4-7-12(9-13)14(16)17-10-11-5-2-1-3-6-11;1-2/h1-9H,10,15H2;2H,1H3. The van der Waals surface area contributed by atoms with Crippen LogP contribution >= 0.6 is 0 Å². The molecular formula is C15H17NO3. The summed E-state index contributed by atoms with van der Waals surface area (Å²) in [5.74, 6) is -0.360. The molecule has 0 fully saturated rings. The van der Waals surface area contributed by atoms with Gasteiger partial charge in [-0.1, -0.05) is 36.4 Å². The molecule has 0 aliphatic carbocycles. The van der Waals surface area contributed by atoms with Crippen molar-refractivity contribution < 1.29 is 14.6 Å². The summed E-state index contributed by atoms with van der Waals surface area (Å²) in [5, 5.41) is 7.00. The number of anilines is 1. The average Bonchev–Trinajstić information content (AvgIpc) is 2.48. The molecular weight excluding hydrogens is 242 g/mol. The molecule has 4 nitrogen and oxygen atoms in total. The third kappa shape index (κ3) is 4.81. The summed E-state index contributed by atoms with van der Waals surface area (Å²) < 4.78 is 5.17. The third-order valence-corrected chi connectivity index (χ3v) is 2.34. The minimum absolute atomic E-state index is 0.272. The smallest absolute Gasteiger partial charge is 0.338 e. The van der Waals surface area contributed by atoms with E-state index in [1.165, 1.54) is 0 Å². The Morgan fingerprint density at radius 3 is 2.42 bits per heavy atom. The fourth-order valence-corrected chi connectivity index (χ4v) is 1.47. The summed E-state index contributed by atoms with van der Waals surface area (Å²) in [6.07, 6.45) is 0. The van der Waals surface area contributed by atoms with Gasteiger partial charge in [0.15, 0.2) is 0 Å². The zero-order valence-electron chi connectivity index (χ0n) is 10.7. The summed E-state index contributed by atoms with van der Waals surface area (Å²) in [7, 11) is 1.00. The molecule has 0 aliphatic heterocycles. The van der Waals surface area contributed by atoms with Crippen LogP contribution < -0.4 is 5.73 Å². The maximum Gasteiger partial charge on any atom is 0.338 e. The van der Waals surface area contributed by atoms with Crippen LogP contribution in [0.3, 0.4) is 0 Å². The molecule has 0 heterocycles. The van der Waals surface area contributed by atoms with Gasteiger partial charge in [0.25, 0.3) is 0 Å². The zero-order valence-corrected chi connectivity index (χ0v) is 10.7. The molecule has 19 heavy (non-hydrogen) atoms. The molecule has 0 atom stereocenters. The number of benzene rings is 2. The van der Waals surface area contributed by atoms with Crippen molar-refractivity contribution in [3.63, 3.8) is 0 Å². The summed E-state index contributed by atoms with van der Waals surface area (Å²) in [6.45, 7) is 0.272. The van der Waals surface area contributed by atoms with Crippen LogP contribution in [0.25, 0.3) is 0 Å². The highest BCUT2D eigenvalue weighted by atomic mass is 16.5. The van der Waals surface area contributed by atoms with Gasteiger partial charge in [-0.25, -0.2) is 4.79 Å². The van der Waals surface area contributed by atoms with Crippen molar-refractivity contribution in [2.24, 2.45) is 0 Å². The zero-order chi connectivity index (χ0) is 14.1. The maximum atomic E-state index is 11.7. The minimum Gasteiger partial charge on any atom is -0.457 e. The van der Waals surface area contributed by atoms with Crippen LogP contribution in [-0.2, 0) is 11.3 Å². The lowest BCUT2D eigenvalue weighted by atomic mass is 10.2. The summed E-state index contributed by atoms with van der Waals surface area (Å²) >= 11 is 0. The first-order chi connectivity index (χ1) is 9.25. The number of ether oxygens (including phenoxy) is 1. The lowest BCUT2D eigenvalue weighted by Gasteiger charge is -2.05. The van der Waals surface area contributed by atoms with E-state index in [9.17, 15) is 4.79 Å². The van der Waals surface area contributed by atoms with E-state index in [4.69, 9.17) is 15.6 Å². The van der Waals surface area contributed by atoms with Gasteiger partial charge in [0, 0.05) is 12.8 Å². The number of nitrogen functional groups attached to an aromatic ring is 1. The number of carbonyl (C=O) groups excluding carboxylic acids is 1. The number of nitrogens with two attached hydrogens (primary N) is 1. The second-order valence-corrected chi connectivity index (χ2v) is 3.69. The number of carbonyl (C=O) groups is 1. The highest BCUT2D eigenvalue weighted by Gasteiger charge is 2.06. The molecule has 0 aliphatic rings. The van der Waals surface area contributed by atoms with Gasteiger partial charge in [0.2, 0.25) is 0 Å². The summed E-state index contributed by atoms with van der Waals surface area (Å²) in [6, 6.07) is 16.3. The van der Waals surface area contributed by atoms with Crippen LogP contribution in [0.4, 0.5) is 5.69 Å². The number of rotatable bonds is 3. The van der Waals surface area contributed by atoms with E-state index >= 15 is 0 Å². The van der Waals surface area contributed by atoms with E-state index in [1.807, 2.05) is 30.3 Å². The second kappa shape index (κ2) is 7.89. The van der Waals surface area contributed by atoms with Crippen LogP contribution in [0.5, 0.6) is 0 Å². The van der Waals surface area contributed by atoms with Crippen molar-refractivity contribution in [1.82, 2.24) is 0 Å². The highest BCUT2D eigenvalue weighted by Crippen LogP contribution is 2.09. The van der Waals surface area contributed by atoms with Gasteiger partial charge in [0.1, 0.15) is 6.61 Å². The number of aliphatic hydroxyl groups is 1. The molecule has 3 N–H and O–H groups in total. The molecule has 0 amide bonds. The van der Waals surface area contributed by atoms with Crippen LogP contribution in [0, 0.1) is 0 Å². The molecule has 4 heteroatoms. The van der Waals surface area contributed by atoms with Crippen molar-refractivity contribution >= 4 is 11.7 Å². The Kier molecular flexibility index (Phi) is 6.12. The highest BCUT2D eigenvalue weighted by molar-refractivity contribution is 5.90.